The largest absolute Gasteiger partial charge is 0.377 e. The lowest BCUT2D eigenvalue weighted by molar-refractivity contribution is -0.135. The van der Waals surface area contributed by atoms with Gasteiger partial charge in [-0.2, -0.15) is 0 Å². The third-order valence-electron chi connectivity index (χ3n) is 5.51. The van der Waals surface area contributed by atoms with Crippen LogP contribution >= 0.6 is 0 Å². The molecule has 2 aromatic carbocycles. The molecule has 168 valence electrons. The first kappa shape index (κ1) is 24.4. The van der Waals surface area contributed by atoms with Crippen LogP contribution in [0.4, 0.5) is 11.4 Å². The number of nitrogens with zero attached hydrogens (tertiary/aromatic N) is 2. The van der Waals surface area contributed by atoms with Gasteiger partial charge < -0.3 is 15.1 Å². The standard InChI is InChI=1S/C26H37N3O2/c1-8-23(20-12-10-9-11-13-20)26(31)29(19(4)5)17-21-16-22(27-25(30)18(2)3)14-15-24(21)28(6)7/h9-16,18-19,23H,8,17H2,1-7H3,(H,27,30). The van der Waals surface area contributed by atoms with E-state index in [4.69, 9.17) is 0 Å². The lowest BCUT2D eigenvalue weighted by atomic mass is 9.94. The van der Waals surface area contributed by atoms with E-state index in [1.54, 1.807) is 0 Å². The molecule has 31 heavy (non-hydrogen) atoms. The van der Waals surface area contributed by atoms with Gasteiger partial charge in [0.25, 0.3) is 0 Å². The van der Waals surface area contributed by atoms with Crippen LogP contribution in [0.5, 0.6) is 0 Å². The lowest BCUT2D eigenvalue weighted by Gasteiger charge is -2.32. The van der Waals surface area contributed by atoms with E-state index in [1.807, 2.05) is 86.3 Å². The van der Waals surface area contributed by atoms with Gasteiger partial charge in [0.05, 0.1) is 5.92 Å². The Hall–Kier alpha value is -2.82. The zero-order chi connectivity index (χ0) is 23.1. The molecule has 0 fully saturated rings. The molecule has 0 aromatic heterocycles. The zero-order valence-corrected chi connectivity index (χ0v) is 20.0. The molecule has 1 atom stereocenters. The highest BCUT2D eigenvalue weighted by molar-refractivity contribution is 5.92. The first-order valence-electron chi connectivity index (χ1n) is 11.1. The summed E-state index contributed by atoms with van der Waals surface area (Å²) in [6.45, 7) is 10.4. The Balaban J connectivity index is 2.38. The molecule has 0 saturated heterocycles. The van der Waals surface area contributed by atoms with Crippen LogP contribution in [0.15, 0.2) is 48.5 Å². The first-order valence-corrected chi connectivity index (χ1v) is 11.1. The summed E-state index contributed by atoms with van der Waals surface area (Å²) in [5.41, 5.74) is 3.85. The number of anilines is 2. The van der Waals surface area contributed by atoms with Crippen molar-refractivity contribution in [2.24, 2.45) is 5.92 Å². The average Bonchev–Trinajstić information content (AvgIpc) is 2.72. The smallest absolute Gasteiger partial charge is 0.230 e. The average molecular weight is 424 g/mol. The third kappa shape index (κ3) is 6.33. The van der Waals surface area contributed by atoms with Crippen molar-refractivity contribution < 1.29 is 9.59 Å². The maximum absolute atomic E-state index is 13.6. The molecule has 0 aliphatic heterocycles. The molecule has 0 aliphatic rings. The molecular formula is C26H37N3O2. The van der Waals surface area contributed by atoms with Crippen LogP contribution < -0.4 is 10.2 Å². The van der Waals surface area contributed by atoms with Crippen LogP contribution in [-0.2, 0) is 16.1 Å². The quantitative estimate of drug-likeness (QED) is 0.597. The summed E-state index contributed by atoms with van der Waals surface area (Å²) < 4.78 is 0. The molecule has 1 unspecified atom stereocenters. The van der Waals surface area contributed by atoms with Gasteiger partial charge in [-0.3, -0.25) is 9.59 Å². The number of nitrogens with one attached hydrogen (secondary N) is 1. The molecule has 0 bridgehead atoms. The van der Waals surface area contributed by atoms with Gasteiger partial charge in [-0.05, 0) is 49.6 Å². The number of hydrogen-bond acceptors (Lipinski definition) is 3. The van der Waals surface area contributed by atoms with E-state index in [-0.39, 0.29) is 29.7 Å². The Morgan fingerprint density at radius 1 is 0.968 bits per heavy atom. The third-order valence-corrected chi connectivity index (χ3v) is 5.51. The Morgan fingerprint density at radius 2 is 1.61 bits per heavy atom. The SMILES string of the molecule is CCC(C(=O)N(Cc1cc(NC(=O)C(C)C)ccc1N(C)C)C(C)C)c1ccccc1. The summed E-state index contributed by atoms with van der Waals surface area (Å²) in [6.07, 6.45) is 0.747. The number of carbonyl (C=O) groups is 2. The van der Waals surface area contributed by atoms with Gasteiger partial charge >= 0.3 is 0 Å². The number of rotatable bonds is 9. The molecule has 2 amide bonds. The summed E-state index contributed by atoms with van der Waals surface area (Å²) in [5, 5.41) is 2.98. The first-order chi connectivity index (χ1) is 14.6. The van der Waals surface area contributed by atoms with E-state index in [9.17, 15) is 9.59 Å². The van der Waals surface area contributed by atoms with Gasteiger partial charge in [-0.25, -0.2) is 0 Å². The Labute approximate surface area is 187 Å². The highest BCUT2D eigenvalue weighted by atomic mass is 16.2. The van der Waals surface area contributed by atoms with Crippen LogP contribution in [-0.4, -0.2) is 36.9 Å². The summed E-state index contributed by atoms with van der Waals surface area (Å²) in [7, 11) is 3.98. The van der Waals surface area contributed by atoms with E-state index in [2.05, 4.69) is 26.1 Å². The van der Waals surface area contributed by atoms with Crippen LogP contribution in [0.2, 0.25) is 0 Å². The molecule has 0 heterocycles. The number of carbonyl (C=O) groups excluding carboxylic acids is 2. The molecule has 0 saturated carbocycles. The second-order valence-electron chi connectivity index (χ2n) is 8.81. The summed E-state index contributed by atoms with van der Waals surface area (Å²) >= 11 is 0. The van der Waals surface area contributed by atoms with Crippen molar-refractivity contribution in [3.05, 3.63) is 59.7 Å². The van der Waals surface area contributed by atoms with Gasteiger partial charge in [0.1, 0.15) is 0 Å². The monoisotopic (exact) mass is 423 g/mol. The fourth-order valence-corrected chi connectivity index (χ4v) is 3.65. The number of hydrogen-bond donors (Lipinski definition) is 1. The Morgan fingerprint density at radius 3 is 2.13 bits per heavy atom. The van der Waals surface area contributed by atoms with Crippen molar-refractivity contribution >= 4 is 23.2 Å². The minimum atomic E-state index is -0.171. The van der Waals surface area contributed by atoms with Gasteiger partial charge in [0.2, 0.25) is 11.8 Å². The predicted octanol–water partition coefficient (Wildman–Crippen LogP) is 5.28. The normalized spacial score (nSPS) is 12.0. The Bertz CT molecular complexity index is 875. The van der Waals surface area contributed by atoms with Crippen LogP contribution in [0.25, 0.3) is 0 Å². The number of benzene rings is 2. The second-order valence-corrected chi connectivity index (χ2v) is 8.81. The van der Waals surface area contributed by atoms with E-state index in [1.165, 1.54) is 0 Å². The summed E-state index contributed by atoms with van der Waals surface area (Å²) in [4.78, 5) is 29.8. The fraction of sp³-hybridized carbons (Fsp3) is 0.462. The van der Waals surface area contributed by atoms with E-state index >= 15 is 0 Å². The maximum Gasteiger partial charge on any atom is 0.230 e. The van der Waals surface area contributed by atoms with Crippen molar-refractivity contribution in [3.8, 4) is 0 Å². The van der Waals surface area contributed by atoms with Crippen LogP contribution in [0, 0.1) is 5.92 Å². The summed E-state index contributed by atoms with van der Waals surface area (Å²) in [5.74, 6) is -0.155. The minimum absolute atomic E-state index is 0.0181. The molecular weight excluding hydrogens is 386 g/mol. The summed E-state index contributed by atoms with van der Waals surface area (Å²) in [6, 6.07) is 15.9. The van der Waals surface area contributed by atoms with Crippen LogP contribution in [0.3, 0.4) is 0 Å². The highest BCUT2D eigenvalue weighted by Gasteiger charge is 2.27. The van der Waals surface area contributed by atoms with Gasteiger partial charge in [0.15, 0.2) is 0 Å². The van der Waals surface area contributed by atoms with E-state index in [0.717, 1.165) is 28.9 Å². The molecule has 5 nitrogen and oxygen atoms in total. The Kier molecular flexibility index (Phi) is 8.66. The highest BCUT2D eigenvalue weighted by Crippen LogP contribution is 2.29. The number of amides is 2. The molecule has 2 rings (SSSR count). The van der Waals surface area contributed by atoms with Gasteiger partial charge in [-0.1, -0.05) is 51.1 Å². The van der Waals surface area contributed by atoms with E-state index in [0.29, 0.717) is 6.54 Å². The topological polar surface area (TPSA) is 52.7 Å². The van der Waals surface area contributed by atoms with Gasteiger partial charge in [0, 0.05) is 44.0 Å². The van der Waals surface area contributed by atoms with Gasteiger partial charge in [-0.15, -0.1) is 0 Å². The zero-order valence-electron chi connectivity index (χ0n) is 20.0. The molecule has 0 spiro atoms. The second kappa shape index (κ2) is 11.0. The van der Waals surface area contributed by atoms with Crippen molar-refractivity contribution in [1.82, 2.24) is 4.90 Å². The minimum Gasteiger partial charge on any atom is -0.377 e. The van der Waals surface area contributed by atoms with Crippen molar-refractivity contribution in [3.63, 3.8) is 0 Å². The lowest BCUT2D eigenvalue weighted by Crippen LogP contribution is -2.39. The van der Waals surface area contributed by atoms with Crippen molar-refractivity contribution in [1.29, 1.82) is 0 Å². The maximum atomic E-state index is 13.6. The van der Waals surface area contributed by atoms with E-state index < -0.39 is 0 Å². The predicted molar refractivity (Wildman–Crippen MR) is 129 cm³/mol. The van der Waals surface area contributed by atoms with Crippen LogP contribution in [0.1, 0.15) is 58.1 Å². The molecule has 2 aromatic rings. The fourth-order valence-electron chi connectivity index (χ4n) is 3.65. The molecule has 1 N–H and O–H groups in total. The molecule has 5 heteroatoms. The molecule has 0 radical (unpaired) electrons. The van der Waals surface area contributed by atoms with Crippen molar-refractivity contribution in [2.75, 3.05) is 24.3 Å². The van der Waals surface area contributed by atoms with Crippen molar-refractivity contribution in [2.45, 2.75) is 59.5 Å². The molecule has 0 aliphatic carbocycles.